The van der Waals surface area contributed by atoms with Crippen LogP contribution in [0.2, 0.25) is 0 Å². The number of aliphatic imine (C=N–C) groups is 1. The van der Waals surface area contributed by atoms with E-state index in [4.69, 9.17) is 5.11 Å². The fourth-order valence-corrected chi connectivity index (χ4v) is 0.666. The van der Waals surface area contributed by atoms with E-state index in [-0.39, 0.29) is 5.70 Å². The quantitative estimate of drug-likeness (QED) is 0.394. The molecule has 0 aromatic heterocycles. The summed E-state index contributed by atoms with van der Waals surface area (Å²) in [7, 11) is 0. The van der Waals surface area contributed by atoms with Crippen molar-refractivity contribution in [1.82, 2.24) is 5.32 Å². The summed E-state index contributed by atoms with van der Waals surface area (Å²) in [6.07, 6.45) is 0. The molecule has 2 N–H and O–H groups in total. The van der Waals surface area contributed by atoms with E-state index in [1.807, 2.05) is 10.3 Å². The Balaban J connectivity index is 3.02. The van der Waals surface area contributed by atoms with Gasteiger partial charge in [-0.25, -0.2) is 9.79 Å². The minimum Gasteiger partial charge on any atom is -0.475 e. The monoisotopic (exact) mass is 170 g/mol. The molecule has 0 radical (unpaired) electrons. The Morgan fingerprint density at radius 1 is 1.73 bits per heavy atom. The number of carbonyl (C=O) groups excluding carboxylic acids is 1. The molecule has 0 saturated heterocycles. The van der Waals surface area contributed by atoms with Gasteiger partial charge in [-0.15, -0.1) is 0 Å². The second-order valence-corrected chi connectivity index (χ2v) is 1.87. The van der Waals surface area contributed by atoms with Gasteiger partial charge in [-0.3, -0.25) is 10.1 Å². The Morgan fingerprint density at radius 2 is 2.36 bits per heavy atom. The molecule has 0 spiro atoms. The molecule has 5 nitrogen and oxygen atoms in total. The number of carbonyl (C=O) groups is 2. The maximum Gasteiger partial charge on any atom is 0.372 e. The summed E-state index contributed by atoms with van der Waals surface area (Å²) < 4.78 is 0. The smallest absolute Gasteiger partial charge is 0.372 e. The highest BCUT2D eigenvalue weighted by molar-refractivity contribution is 7.78. The summed E-state index contributed by atoms with van der Waals surface area (Å²) in [4.78, 5) is 24.2. The molecule has 0 aliphatic carbocycles. The molecule has 6 heteroatoms. The SMILES string of the molecule is O=C(O)C1=NC(=C=S)C(=O)N1. The Bertz CT molecular complexity index is 314. The molecule has 1 aliphatic rings. The number of nitrogens with zero attached hydrogens (tertiary/aromatic N) is 1. The summed E-state index contributed by atoms with van der Waals surface area (Å²) in [5.74, 6) is -2.33. The van der Waals surface area contributed by atoms with Crippen molar-refractivity contribution < 1.29 is 14.7 Å². The van der Waals surface area contributed by atoms with Gasteiger partial charge in [0.2, 0.25) is 5.84 Å². The first-order valence-electron chi connectivity index (χ1n) is 2.53. The molecule has 0 aromatic carbocycles. The van der Waals surface area contributed by atoms with Crippen molar-refractivity contribution in [2.24, 2.45) is 4.99 Å². The fourth-order valence-electron chi connectivity index (χ4n) is 0.528. The predicted molar refractivity (Wildman–Crippen MR) is 39.3 cm³/mol. The number of carboxylic acids is 1. The average Bonchev–Trinajstić information content (AvgIpc) is 2.31. The largest absolute Gasteiger partial charge is 0.475 e. The first-order valence-corrected chi connectivity index (χ1v) is 2.94. The molecule has 56 valence electrons. The van der Waals surface area contributed by atoms with Crippen LogP contribution in [0.1, 0.15) is 0 Å². The zero-order valence-corrected chi connectivity index (χ0v) is 5.94. The summed E-state index contributed by atoms with van der Waals surface area (Å²) in [5, 5.41) is 12.4. The van der Waals surface area contributed by atoms with E-state index in [1.165, 1.54) is 0 Å². The maximum atomic E-state index is 10.7. The van der Waals surface area contributed by atoms with Gasteiger partial charge in [-0.2, -0.15) is 0 Å². The van der Waals surface area contributed by atoms with E-state index >= 15 is 0 Å². The molecule has 0 saturated carbocycles. The molecule has 0 atom stereocenters. The van der Waals surface area contributed by atoms with Gasteiger partial charge >= 0.3 is 5.97 Å². The van der Waals surface area contributed by atoms with Crippen LogP contribution in [0.3, 0.4) is 0 Å². The van der Waals surface area contributed by atoms with Gasteiger partial charge in [-0.1, -0.05) is 0 Å². The number of hydrogen-bond donors (Lipinski definition) is 2. The number of amides is 1. The van der Waals surface area contributed by atoms with E-state index in [2.05, 4.69) is 17.2 Å². The van der Waals surface area contributed by atoms with Gasteiger partial charge in [0.05, 0.1) is 0 Å². The van der Waals surface area contributed by atoms with Gasteiger partial charge < -0.3 is 5.11 Å². The number of carboxylic acid groups (broad SMARTS) is 1. The van der Waals surface area contributed by atoms with Crippen LogP contribution < -0.4 is 5.32 Å². The third kappa shape index (κ3) is 1.31. The third-order valence-electron chi connectivity index (χ3n) is 0.970. The molecule has 1 rings (SSSR count). The van der Waals surface area contributed by atoms with Crippen molar-refractivity contribution in [3.05, 3.63) is 5.70 Å². The van der Waals surface area contributed by atoms with E-state index in [1.54, 1.807) is 0 Å². The summed E-state index contributed by atoms with van der Waals surface area (Å²) >= 11 is 4.28. The summed E-state index contributed by atoms with van der Waals surface area (Å²) in [5.41, 5.74) is -0.169. The van der Waals surface area contributed by atoms with Gasteiger partial charge in [0.15, 0.2) is 5.70 Å². The molecule has 1 heterocycles. The highest BCUT2D eigenvalue weighted by Crippen LogP contribution is 1.99. The summed E-state index contributed by atoms with van der Waals surface area (Å²) in [6.45, 7) is 0. The van der Waals surface area contributed by atoms with Gasteiger partial charge in [-0.05, 0) is 17.2 Å². The molecule has 0 bridgehead atoms. The number of rotatable bonds is 1. The first kappa shape index (κ1) is 7.59. The lowest BCUT2D eigenvalue weighted by molar-refractivity contribution is -0.130. The van der Waals surface area contributed by atoms with Gasteiger partial charge in [0.1, 0.15) is 0 Å². The lowest BCUT2D eigenvalue weighted by Crippen LogP contribution is -2.30. The highest BCUT2D eigenvalue weighted by Gasteiger charge is 2.24. The van der Waals surface area contributed by atoms with Crippen LogP contribution >= 0.6 is 12.2 Å². The van der Waals surface area contributed by atoms with Crippen molar-refractivity contribution >= 4 is 35.0 Å². The van der Waals surface area contributed by atoms with Crippen LogP contribution in [0.15, 0.2) is 10.7 Å². The van der Waals surface area contributed by atoms with Crippen molar-refractivity contribution in [1.29, 1.82) is 0 Å². The van der Waals surface area contributed by atoms with Crippen LogP contribution in [-0.4, -0.2) is 27.8 Å². The lowest BCUT2D eigenvalue weighted by atomic mass is 10.5. The molecular formula is C5H2N2O3S. The van der Waals surface area contributed by atoms with E-state index in [0.717, 1.165) is 0 Å². The van der Waals surface area contributed by atoms with Crippen LogP contribution in [0.5, 0.6) is 0 Å². The van der Waals surface area contributed by atoms with Crippen molar-refractivity contribution in [2.75, 3.05) is 0 Å². The average molecular weight is 170 g/mol. The van der Waals surface area contributed by atoms with Crippen molar-refractivity contribution in [3.8, 4) is 0 Å². The number of aliphatic carboxylic acids is 1. The second kappa shape index (κ2) is 2.61. The number of amidine groups is 1. The Hall–Kier alpha value is -1.52. The van der Waals surface area contributed by atoms with Gasteiger partial charge in [0, 0.05) is 0 Å². The second-order valence-electron chi connectivity index (χ2n) is 1.67. The number of thiocarbonyl (C=S) groups is 1. The fraction of sp³-hybridized carbons (Fsp3) is 0. The zero-order valence-electron chi connectivity index (χ0n) is 5.12. The zero-order chi connectivity index (χ0) is 8.43. The standard InChI is InChI=1S/C5H2N2O3S/c8-4-2(1-11)6-3(7-4)5(9)10/h(H,9,10)(H,6,7,8). The molecule has 11 heavy (non-hydrogen) atoms. The van der Waals surface area contributed by atoms with E-state index < -0.39 is 17.7 Å². The normalized spacial score (nSPS) is 15.5. The minimum atomic E-state index is -1.29. The van der Waals surface area contributed by atoms with Crippen LogP contribution in [0.4, 0.5) is 0 Å². The summed E-state index contributed by atoms with van der Waals surface area (Å²) in [6, 6.07) is 0. The maximum absolute atomic E-state index is 10.7. The predicted octanol–water partition coefficient (Wildman–Crippen LogP) is -0.918. The molecule has 0 unspecified atom stereocenters. The molecule has 1 amide bonds. The molecule has 0 fully saturated rings. The topological polar surface area (TPSA) is 78.8 Å². The van der Waals surface area contributed by atoms with Crippen LogP contribution in [0, 0.1) is 0 Å². The Labute approximate surface area is 66.4 Å². The first-order chi connectivity index (χ1) is 5.15. The molecular weight excluding hydrogens is 168 g/mol. The highest BCUT2D eigenvalue weighted by atomic mass is 32.1. The Kier molecular flexibility index (Phi) is 1.80. The third-order valence-corrected chi connectivity index (χ3v) is 1.16. The number of hydrogen-bond acceptors (Lipinski definition) is 4. The van der Waals surface area contributed by atoms with Crippen molar-refractivity contribution in [3.63, 3.8) is 0 Å². The lowest BCUT2D eigenvalue weighted by Gasteiger charge is -1.88. The van der Waals surface area contributed by atoms with E-state index in [0.29, 0.717) is 0 Å². The van der Waals surface area contributed by atoms with Crippen LogP contribution in [-0.2, 0) is 9.59 Å². The van der Waals surface area contributed by atoms with E-state index in [9.17, 15) is 9.59 Å². The number of nitrogens with one attached hydrogen (secondary N) is 1. The van der Waals surface area contributed by atoms with Gasteiger partial charge in [0.25, 0.3) is 5.91 Å². The minimum absolute atomic E-state index is 0.169. The van der Waals surface area contributed by atoms with Crippen LogP contribution in [0.25, 0.3) is 0 Å². The Morgan fingerprint density at radius 3 is 2.64 bits per heavy atom. The van der Waals surface area contributed by atoms with Crippen molar-refractivity contribution in [2.45, 2.75) is 0 Å². The molecule has 0 aromatic rings. The molecule has 1 aliphatic heterocycles.